The molecule has 0 aliphatic heterocycles. The standard InChI is InChI=1S/C39H21N3S/c1-2-11-23-22(10-1)24-14-9-15-26-31(21-20-25(23)34(24)26)41-30-17-6-3-12-27(30)36-37(41)38-35(28-13-4-8-19-33(28)43-38)39-40-29-16-5-7-18-32(29)42(36)39/h1-21H. The van der Waals surface area contributed by atoms with E-state index in [2.05, 4.69) is 136 Å². The Kier molecular flexibility index (Phi) is 3.96. The highest BCUT2D eigenvalue weighted by atomic mass is 32.1. The van der Waals surface area contributed by atoms with E-state index in [1.807, 2.05) is 11.3 Å². The molecule has 0 N–H and O–H groups in total. The van der Waals surface area contributed by atoms with Crippen LogP contribution in [0.4, 0.5) is 0 Å². The summed E-state index contributed by atoms with van der Waals surface area (Å²) in [4.78, 5) is 5.27. The van der Waals surface area contributed by atoms with E-state index < -0.39 is 0 Å². The molecule has 0 saturated heterocycles. The second kappa shape index (κ2) is 7.68. The number of pyridine rings is 1. The van der Waals surface area contributed by atoms with Gasteiger partial charge in [-0.2, -0.15) is 0 Å². The Balaban J connectivity index is 1.43. The third-order valence-electron chi connectivity index (χ3n) is 9.43. The second-order valence-corrected chi connectivity index (χ2v) is 12.6. The minimum atomic E-state index is 1.02. The lowest BCUT2D eigenvalue weighted by molar-refractivity contribution is 1.20. The first-order valence-corrected chi connectivity index (χ1v) is 15.5. The number of hydrogen-bond acceptors (Lipinski definition) is 2. The Bertz CT molecular complexity index is 2820. The minimum Gasteiger partial charge on any atom is -0.306 e. The quantitative estimate of drug-likeness (QED) is 0.195. The Morgan fingerprint density at radius 2 is 1.16 bits per heavy atom. The summed E-state index contributed by atoms with van der Waals surface area (Å²) in [7, 11) is 0. The van der Waals surface area contributed by atoms with Crippen molar-refractivity contribution in [1.29, 1.82) is 0 Å². The molecule has 4 aromatic heterocycles. The first-order valence-electron chi connectivity index (χ1n) is 14.7. The van der Waals surface area contributed by atoms with Gasteiger partial charge < -0.3 is 4.57 Å². The molecule has 0 fully saturated rings. The minimum absolute atomic E-state index is 1.02. The maximum absolute atomic E-state index is 5.27. The van der Waals surface area contributed by atoms with Crippen molar-refractivity contribution >= 4 is 80.9 Å². The predicted octanol–water partition coefficient (Wildman–Crippen LogP) is 10.8. The van der Waals surface area contributed by atoms with Gasteiger partial charge in [-0.3, -0.25) is 4.40 Å². The van der Waals surface area contributed by atoms with Crippen molar-refractivity contribution in [2.24, 2.45) is 0 Å². The van der Waals surface area contributed by atoms with Crippen LogP contribution in [0.2, 0.25) is 0 Å². The fraction of sp³-hybridized carbons (Fsp3) is 0. The molecule has 1 aliphatic rings. The molecule has 0 saturated carbocycles. The molecule has 0 bridgehead atoms. The third kappa shape index (κ3) is 2.60. The van der Waals surface area contributed by atoms with Gasteiger partial charge in [-0.15, -0.1) is 11.3 Å². The first-order chi connectivity index (χ1) is 21.4. The molecule has 11 rings (SSSR count). The molecule has 4 heterocycles. The van der Waals surface area contributed by atoms with E-state index in [0.717, 1.165) is 16.7 Å². The predicted molar refractivity (Wildman–Crippen MR) is 182 cm³/mol. The Morgan fingerprint density at radius 1 is 0.488 bits per heavy atom. The van der Waals surface area contributed by atoms with Gasteiger partial charge in [0.15, 0.2) is 0 Å². The van der Waals surface area contributed by atoms with Crippen LogP contribution < -0.4 is 0 Å². The van der Waals surface area contributed by atoms with Crippen LogP contribution in [0, 0.1) is 0 Å². The van der Waals surface area contributed by atoms with Crippen molar-refractivity contribution in [2.45, 2.75) is 0 Å². The summed E-state index contributed by atoms with van der Waals surface area (Å²) in [5.41, 5.74) is 13.3. The summed E-state index contributed by atoms with van der Waals surface area (Å²) >= 11 is 1.88. The third-order valence-corrected chi connectivity index (χ3v) is 10.6. The number of thiophene rings is 1. The van der Waals surface area contributed by atoms with Crippen LogP contribution in [0.5, 0.6) is 0 Å². The number of hydrogen-bond donors (Lipinski definition) is 0. The van der Waals surface area contributed by atoms with E-state index in [1.54, 1.807) is 0 Å². The van der Waals surface area contributed by atoms with E-state index in [9.17, 15) is 0 Å². The second-order valence-electron chi connectivity index (χ2n) is 11.5. The number of imidazole rings is 1. The fourth-order valence-electron chi connectivity index (χ4n) is 7.75. The highest BCUT2D eigenvalue weighted by molar-refractivity contribution is 7.26. The molecule has 6 aromatic carbocycles. The summed E-state index contributed by atoms with van der Waals surface area (Å²) < 4.78 is 7.51. The Labute approximate surface area is 249 Å². The van der Waals surface area contributed by atoms with Gasteiger partial charge in [0.1, 0.15) is 5.65 Å². The van der Waals surface area contributed by atoms with Gasteiger partial charge in [0.2, 0.25) is 0 Å². The average molecular weight is 564 g/mol. The normalized spacial score (nSPS) is 12.7. The van der Waals surface area contributed by atoms with Gasteiger partial charge in [0.25, 0.3) is 0 Å². The van der Waals surface area contributed by atoms with Gasteiger partial charge in [-0.25, -0.2) is 4.98 Å². The van der Waals surface area contributed by atoms with E-state index >= 15 is 0 Å². The molecule has 1 aliphatic carbocycles. The molecular weight excluding hydrogens is 543 g/mol. The zero-order chi connectivity index (χ0) is 27.8. The first kappa shape index (κ1) is 22.2. The van der Waals surface area contributed by atoms with Gasteiger partial charge in [0.05, 0.1) is 38.0 Å². The molecule has 0 radical (unpaired) electrons. The summed E-state index contributed by atoms with van der Waals surface area (Å²) in [6.07, 6.45) is 0. The van der Waals surface area contributed by atoms with Crippen molar-refractivity contribution in [1.82, 2.24) is 14.0 Å². The fourth-order valence-corrected chi connectivity index (χ4v) is 8.99. The zero-order valence-electron chi connectivity index (χ0n) is 22.9. The molecule has 0 amide bonds. The van der Waals surface area contributed by atoms with Gasteiger partial charge >= 0.3 is 0 Å². The van der Waals surface area contributed by atoms with Crippen LogP contribution in [-0.4, -0.2) is 14.0 Å². The molecule has 43 heavy (non-hydrogen) atoms. The average Bonchev–Trinajstić information content (AvgIpc) is 3.80. The van der Waals surface area contributed by atoms with Crippen LogP contribution in [0.25, 0.3) is 97.5 Å². The van der Waals surface area contributed by atoms with Crippen molar-refractivity contribution < 1.29 is 0 Å². The summed E-state index contributed by atoms with van der Waals surface area (Å²) in [6, 6.07) is 46.5. The number of fused-ring (bicyclic) bond motifs is 15. The van der Waals surface area contributed by atoms with Crippen LogP contribution in [-0.2, 0) is 0 Å². The van der Waals surface area contributed by atoms with Gasteiger partial charge in [-0.1, -0.05) is 97.1 Å². The lowest BCUT2D eigenvalue weighted by Crippen LogP contribution is -1.97. The van der Waals surface area contributed by atoms with Crippen LogP contribution in [0.1, 0.15) is 0 Å². The summed E-state index contributed by atoms with van der Waals surface area (Å²) in [6.45, 7) is 0. The number of rotatable bonds is 1. The molecule has 0 unspecified atom stereocenters. The van der Waals surface area contributed by atoms with E-state index in [4.69, 9.17) is 4.98 Å². The van der Waals surface area contributed by atoms with Crippen molar-refractivity contribution in [3.63, 3.8) is 0 Å². The lowest BCUT2D eigenvalue weighted by Gasteiger charge is -2.14. The van der Waals surface area contributed by atoms with Crippen LogP contribution in [0.15, 0.2) is 127 Å². The summed E-state index contributed by atoms with van der Waals surface area (Å²) in [5, 5.41) is 6.34. The molecule has 10 aromatic rings. The zero-order valence-corrected chi connectivity index (χ0v) is 23.7. The van der Waals surface area contributed by atoms with Crippen molar-refractivity contribution in [2.75, 3.05) is 0 Å². The number of aromatic nitrogens is 3. The number of para-hydroxylation sites is 3. The topological polar surface area (TPSA) is 22.2 Å². The maximum atomic E-state index is 5.27. The van der Waals surface area contributed by atoms with E-state index in [-0.39, 0.29) is 0 Å². The van der Waals surface area contributed by atoms with E-state index in [1.165, 1.54) is 80.8 Å². The highest BCUT2D eigenvalue weighted by Crippen LogP contribution is 2.50. The van der Waals surface area contributed by atoms with Crippen LogP contribution >= 0.6 is 11.3 Å². The smallest absolute Gasteiger partial charge is 0.147 e. The SMILES string of the molecule is c1ccc2c(c1)-c1cccc3c(-n4c5ccccc5c5c4c4sc6ccccc6c4c4nc6ccccc6n45)ccc-2c13. The molecule has 3 nitrogen and oxygen atoms in total. The highest BCUT2D eigenvalue weighted by Gasteiger charge is 2.27. The van der Waals surface area contributed by atoms with Crippen LogP contribution in [0.3, 0.4) is 0 Å². The molecule has 198 valence electrons. The van der Waals surface area contributed by atoms with Crippen molar-refractivity contribution in [3.05, 3.63) is 127 Å². The van der Waals surface area contributed by atoms with Crippen molar-refractivity contribution in [3.8, 4) is 27.9 Å². The monoisotopic (exact) mass is 563 g/mol. The number of benzene rings is 6. The lowest BCUT2D eigenvalue weighted by atomic mass is 10.0. The summed E-state index contributed by atoms with van der Waals surface area (Å²) in [5.74, 6) is 0. The van der Waals surface area contributed by atoms with Gasteiger partial charge in [-0.05, 0) is 58.0 Å². The Hall–Kier alpha value is -5.45. The molecule has 0 spiro atoms. The maximum Gasteiger partial charge on any atom is 0.147 e. The molecular formula is C39H21N3S. The molecule has 0 atom stereocenters. The largest absolute Gasteiger partial charge is 0.306 e. The molecule has 4 heteroatoms. The van der Waals surface area contributed by atoms with E-state index in [0.29, 0.717) is 0 Å². The van der Waals surface area contributed by atoms with Gasteiger partial charge in [0, 0.05) is 26.2 Å². The Morgan fingerprint density at radius 3 is 2.05 bits per heavy atom. The number of nitrogens with zero attached hydrogens (tertiary/aromatic N) is 3.